The lowest BCUT2D eigenvalue weighted by atomic mass is 10.1. The van der Waals surface area contributed by atoms with E-state index in [0.29, 0.717) is 13.1 Å². The first-order valence-corrected chi connectivity index (χ1v) is 8.29. The van der Waals surface area contributed by atoms with Gasteiger partial charge in [-0.1, -0.05) is 25.5 Å². The molecule has 7 heteroatoms. The van der Waals surface area contributed by atoms with Crippen LogP contribution in [0.4, 0.5) is 0 Å². The van der Waals surface area contributed by atoms with E-state index in [2.05, 4.69) is 21.8 Å². The van der Waals surface area contributed by atoms with Crippen LogP contribution in [0.25, 0.3) is 0 Å². The normalized spacial score (nSPS) is 10.8. The molecule has 3 N–H and O–H groups in total. The molecule has 0 amide bonds. The van der Waals surface area contributed by atoms with Gasteiger partial charge < -0.3 is 20.1 Å². The van der Waals surface area contributed by atoms with Crippen LogP contribution < -0.4 is 5.32 Å². The number of hydrogen-bond donors (Lipinski definition) is 3. The van der Waals surface area contributed by atoms with Crippen molar-refractivity contribution in [1.82, 2.24) is 14.9 Å². The van der Waals surface area contributed by atoms with Crippen molar-refractivity contribution in [3.63, 3.8) is 0 Å². The van der Waals surface area contributed by atoms with Crippen LogP contribution in [0.1, 0.15) is 47.2 Å². The van der Waals surface area contributed by atoms with Gasteiger partial charge in [0.15, 0.2) is 0 Å². The first-order valence-electron chi connectivity index (χ1n) is 8.29. The van der Waals surface area contributed by atoms with Gasteiger partial charge >= 0.3 is 11.9 Å². The van der Waals surface area contributed by atoms with Gasteiger partial charge in [0, 0.05) is 25.7 Å². The molecule has 7 nitrogen and oxygen atoms in total. The van der Waals surface area contributed by atoms with E-state index in [-0.39, 0.29) is 12.1 Å². The molecule has 25 heavy (non-hydrogen) atoms. The van der Waals surface area contributed by atoms with E-state index in [1.807, 2.05) is 0 Å². The minimum Gasteiger partial charge on any atom is -0.480 e. The largest absolute Gasteiger partial charge is 0.480 e. The van der Waals surface area contributed by atoms with Crippen LogP contribution in [0.15, 0.2) is 30.5 Å². The van der Waals surface area contributed by atoms with Crippen molar-refractivity contribution in [3.8, 4) is 0 Å². The summed E-state index contributed by atoms with van der Waals surface area (Å²) in [4.78, 5) is 26.1. The number of benzene rings is 1. The van der Waals surface area contributed by atoms with Gasteiger partial charge in [-0.15, -0.1) is 0 Å². The van der Waals surface area contributed by atoms with Crippen molar-refractivity contribution in [1.29, 1.82) is 0 Å². The molecular formula is C18H23N3O4. The Kier molecular flexibility index (Phi) is 6.71. The predicted octanol–water partition coefficient (Wildman–Crippen LogP) is 2.15. The summed E-state index contributed by atoms with van der Waals surface area (Å²) in [6, 6.07) is 6.76. The summed E-state index contributed by atoms with van der Waals surface area (Å²) in [5.41, 5.74) is 2.14. The molecule has 0 aliphatic carbocycles. The number of aromatic nitrogens is 2. The fourth-order valence-corrected chi connectivity index (χ4v) is 2.56. The minimum absolute atomic E-state index is 0.108. The molecule has 0 atom stereocenters. The van der Waals surface area contributed by atoms with Crippen LogP contribution >= 0.6 is 0 Å². The molecule has 1 aromatic carbocycles. The third-order valence-electron chi connectivity index (χ3n) is 3.90. The van der Waals surface area contributed by atoms with E-state index in [0.717, 1.165) is 36.3 Å². The lowest BCUT2D eigenvalue weighted by molar-refractivity contribution is -0.136. The number of aromatic carboxylic acids is 1. The Morgan fingerprint density at radius 2 is 1.92 bits per heavy atom. The molecule has 0 spiro atoms. The summed E-state index contributed by atoms with van der Waals surface area (Å²) in [5, 5.41) is 20.6. The number of imidazole rings is 1. The van der Waals surface area contributed by atoms with E-state index in [9.17, 15) is 9.59 Å². The van der Waals surface area contributed by atoms with E-state index in [1.165, 1.54) is 0 Å². The van der Waals surface area contributed by atoms with Crippen molar-refractivity contribution in [2.75, 3.05) is 6.54 Å². The second-order valence-corrected chi connectivity index (χ2v) is 5.85. The van der Waals surface area contributed by atoms with Gasteiger partial charge in [-0.2, -0.15) is 0 Å². The number of carbonyl (C=O) groups is 2. The zero-order valence-corrected chi connectivity index (χ0v) is 14.2. The van der Waals surface area contributed by atoms with Crippen molar-refractivity contribution in [2.24, 2.45) is 0 Å². The molecule has 0 fully saturated rings. The summed E-state index contributed by atoms with van der Waals surface area (Å²) in [6.45, 7) is 3.00. The smallest absolute Gasteiger partial charge is 0.335 e. The highest BCUT2D eigenvalue weighted by Gasteiger charge is 2.11. The summed E-state index contributed by atoms with van der Waals surface area (Å²) < 4.78 is 2.07. The zero-order chi connectivity index (χ0) is 18.2. The number of carboxylic acid groups (broad SMARTS) is 2. The van der Waals surface area contributed by atoms with Crippen molar-refractivity contribution in [2.45, 2.75) is 39.3 Å². The Hall–Kier alpha value is -2.67. The highest BCUT2D eigenvalue weighted by molar-refractivity contribution is 5.87. The maximum absolute atomic E-state index is 11.0. The highest BCUT2D eigenvalue weighted by atomic mass is 16.4. The molecule has 0 aliphatic heterocycles. The number of aryl methyl sites for hydroxylation is 1. The van der Waals surface area contributed by atoms with Crippen LogP contribution in [0.3, 0.4) is 0 Å². The molecule has 134 valence electrons. The Balaban J connectivity index is 2.17. The lowest BCUT2D eigenvalue weighted by Crippen LogP contribution is -2.23. The molecule has 0 aliphatic rings. The zero-order valence-electron chi connectivity index (χ0n) is 14.2. The molecule has 2 aromatic rings. The molecule has 1 aromatic heterocycles. The molecule has 0 saturated carbocycles. The van der Waals surface area contributed by atoms with E-state index in [4.69, 9.17) is 10.2 Å². The van der Waals surface area contributed by atoms with Crippen LogP contribution in [-0.4, -0.2) is 38.2 Å². The Labute approximate surface area is 146 Å². The molecule has 0 saturated heterocycles. The maximum Gasteiger partial charge on any atom is 0.335 e. The Morgan fingerprint density at radius 1 is 1.20 bits per heavy atom. The molecular weight excluding hydrogens is 322 g/mol. The summed E-state index contributed by atoms with van der Waals surface area (Å²) in [5.74, 6) is -0.894. The monoisotopic (exact) mass is 345 g/mol. The number of unbranched alkanes of at least 4 members (excludes halogenated alkanes) is 1. The Morgan fingerprint density at radius 3 is 2.52 bits per heavy atom. The minimum atomic E-state index is -0.948. The van der Waals surface area contributed by atoms with Gasteiger partial charge in [0.05, 0.1) is 17.8 Å². The van der Waals surface area contributed by atoms with Gasteiger partial charge in [-0.25, -0.2) is 9.78 Å². The molecule has 0 bridgehead atoms. The highest BCUT2D eigenvalue weighted by Crippen LogP contribution is 2.14. The third kappa shape index (κ3) is 5.42. The molecule has 0 radical (unpaired) electrons. The van der Waals surface area contributed by atoms with Gasteiger partial charge in [0.2, 0.25) is 0 Å². The van der Waals surface area contributed by atoms with E-state index in [1.54, 1.807) is 30.5 Å². The van der Waals surface area contributed by atoms with Crippen molar-refractivity contribution in [3.05, 3.63) is 53.1 Å². The van der Waals surface area contributed by atoms with Gasteiger partial charge in [0.1, 0.15) is 5.82 Å². The lowest BCUT2D eigenvalue weighted by Gasteiger charge is -2.13. The van der Waals surface area contributed by atoms with Gasteiger partial charge in [-0.05, 0) is 24.1 Å². The summed E-state index contributed by atoms with van der Waals surface area (Å²) in [7, 11) is 0. The topological polar surface area (TPSA) is 104 Å². The van der Waals surface area contributed by atoms with Crippen LogP contribution in [-0.2, 0) is 24.3 Å². The number of aliphatic carboxylic acids is 1. The Bertz CT molecular complexity index is 722. The van der Waals surface area contributed by atoms with Crippen LogP contribution in [0.5, 0.6) is 0 Å². The molecule has 2 rings (SSSR count). The van der Waals surface area contributed by atoms with E-state index >= 15 is 0 Å². The quantitative estimate of drug-likeness (QED) is 0.609. The third-order valence-corrected chi connectivity index (χ3v) is 3.90. The fourth-order valence-electron chi connectivity index (χ4n) is 2.56. The number of nitrogens with zero attached hydrogens (tertiary/aromatic N) is 2. The maximum atomic E-state index is 11.0. The number of carboxylic acids is 2. The summed E-state index contributed by atoms with van der Waals surface area (Å²) in [6.07, 6.45) is 4.71. The standard InChI is InChI=1S/C18H23N3O4/c1-2-3-4-16-20-10-15(9-19-11-17(22)23)21(16)12-13-5-7-14(8-6-13)18(24)25/h5-8,10,19H,2-4,9,11-12H2,1H3,(H,22,23)(H,24,25). The number of hydrogen-bond acceptors (Lipinski definition) is 4. The SMILES string of the molecule is CCCCc1ncc(CNCC(=O)O)n1Cc1ccc(C(=O)O)cc1. The number of rotatable bonds is 10. The van der Waals surface area contributed by atoms with Crippen molar-refractivity contribution >= 4 is 11.9 Å². The average molecular weight is 345 g/mol. The second-order valence-electron chi connectivity index (χ2n) is 5.85. The first-order chi connectivity index (χ1) is 12.0. The van der Waals surface area contributed by atoms with E-state index < -0.39 is 11.9 Å². The molecule has 1 heterocycles. The van der Waals surface area contributed by atoms with Crippen LogP contribution in [0.2, 0.25) is 0 Å². The summed E-state index contributed by atoms with van der Waals surface area (Å²) >= 11 is 0. The van der Waals surface area contributed by atoms with Crippen LogP contribution in [0, 0.1) is 0 Å². The first kappa shape index (κ1) is 18.7. The second kappa shape index (κ2) is 8.98. The van der Waals surface area contributed by atoms with Crippen molar-refractivity contribution < 1.29 is 19.8 Å². The average Bonchev–Trinajstić information content (AvgIpc) is 2.95. The predicted molar refractivity (Wildman–Crippen MR) is 92.7 cm³/mol. The van der Waals surface area contributed by atoms with Gasteiger partial charge in [0.25, 0.3) is 0 Å². The molecule has 0 unspecified atom stereocenters. The number of nitrogens with one attached hydrogen (secondary N) is 1. The fraction of sp³-hybridized carbons (Fsp3) is 0.389. The van der Waals surface area contributed by atoms with Gasteiger partial charge in [-0.3, -0.25) is 4.79 Å².